The molecule has 0 saturated carbocycles. The Bertz CT molecular complexity index is 852. The summed E-state index contributed by atoms with van der Waals surface area (Å²) < 4.78 is 92.1. The Labute approximate surface area is 140 Å². The van der Waals surface area contributed by atoms with E-state index in [0.29, 0.717) is 0 Å². The van der Waals surface area contributed by atoms with Crippen LogP contribution in [0.25, 0.3) is 0 Å². The number of aromatic hydroxyl groups is 1. The van der Waals surface area contributed by atoms with E-state index in [0.717, 1.165) is 18.2 Å². The number of phenols is 1. The van der Waals surface area contributed by atoms with Gasteiger partial charge in [-0.25, -0.2) is 22.4 Å². The Balaban J connectivity index is 2.43. The van der Waals surface area contributed by atoms with Crippen molar-refractivity contribution in [2.24, 2.45) is 0 Å². The van der Waals surface area contributed by atoms with Gasteiger partial charge in [0.15, 0.2) is 23.3 Å². The number of carboxylic acid groups (broad SMARTS) is 1. The summed E-state index contributed by atoms with van der Waals surface area (Å²) in [5, 5.41) is 20.5. The zero-order chi connectivity index (χ0) is 19.8. The molecule has 0 bridgehead atoms. The molecule has 0 atom stereocenters. The summed E-state index contributed by atoms with van der Waals surface area (Å²) in [6.45, 7) is -1.07. The molecule has 0 fully saturated rings. The first-order valence-corrected chi connectivity index (χ1v) is 6.67. The van der Waals surface area contributed by atoms with Gasteiger partial charge in [0.25, 0.3) is 0 Å². The van der Waals surface area contributed by atoms with Gasteiger partial charge >= 0.3 is 12.1 Å². The molecule has 26 heavy (non-hydrogen) atoms. The Kier molecular flexibility index (Phi) is 5.01. The molecule has 0 aliphatic carbocycles. The Morgan fingerprint density at radius 3 is 2.00 bits per heavy atom. The minimum Gasteiger partial charge on any atom is -0.506 e. The van der Waals surface area contributed by atoms with Crippen molar-refractivity contribution in [1.29, 1.82) is 0 Å². The lowest BCUT2D eigenvalue weighted by molar-refractivity contribution is -0.143. The van der Waals surface area contributed by atoms with Gasteiger partial charge in [0.1, 0.15) is 11.3 Å². The van der Waals surface area contributed by atoms with Gasteiger partial charge in [-0.3, -0.25) is 0 Å². The average molecular weight is 383 g/mol. The molecule has 140 valence electrons. The number of halogens is 7. The van der Waals surface area contributed by atoms with Crippen LogP contribution in [0.15, 0.2) is 18.2 Å². The highest BCUT2D eigenvalue weighted by atomic mass is 19.4. The van der Waals surface area contributed by atoms with Crippen LogP contribution in [0.4, 0.5) is 36.4 Å². The van der Waals surface area contributed by atoms with Crippen molar-refractivity contribution in [2.75, 3.05) is 5.32 Å². The fourth-order valence-corrected chi connectivity index (χ4v) is 2.08. The third-order valence-electron chi connectivity index (χ3n) is 3.34. The van der Waals surface area contributed by atoms with Crippen LogP contribution >= 0.6 is 0 Å². The zero-order valence-corrected chi connectivity index (χ0v) is 12.4. The predicted octanol–water partition coefficient (Wildman–Crippen LogP) is 4.28. The predicted molar refractivity (Wildman–Crippen MR) is 73.7 cm³/mol. The second-order valence-electron chi connectivity index (χ2n) is 5.00. The van der Waals surface area contributed by atoms with E-state index >= 15 is 0 Å². The summed E-state index contributed by atoms with van der Waals surface area (Å²) in [5.41, 5.74) is -4.81. The molecule has 0 aliphatic heterocycles. The molecule has 3 N–H and O–H groups in total. The molecular formula is C15H8F7NO3. The SMILES string of the molecule is O=C(O)c1ccc(O)c(NCc2c(F)c(F)c(C(F)(F)F)c(F)c2F)c1. The highest BCUT2D eigenvalue weighted by Crippen LogP contribution is 2.37. The summed E-state index contributed by atoms with van der Waals surface area (Å²) in [5.74, 6) is -11.7. The summed E-state index contributed by atoms with van der Waals surface area (Å²) in [6, 6.07) is 2.78. The van der Waals surface area contributed by atoms with Gasteiger partial charge in [-0.15, -0.1) is 0 Å². The number of hydrogen-bond acceptors (Lipinski definition) is 3. The monoisotopic (exact) mass is 383 g/mol. The first kappa shape index (κ1) is 19.3. The second kappa shape index (κ2) is 6.73. The third kappa shape index (κ3) is 3.51. The van der Waals surface area contributed by atoms with Gasteiger partial charge < -0.3 is 15.5 Å². The summed E-state index contributed by atoms with van der Waals surface area (Å²) in [7, 11) is 0. The van der Waals surface area contributed by atoms with Crippen LogP contribution in [-0.2, 0) is 12.7 Å². The van der Waals surface area contributed by atoms with Gasteiger partial charge in [0.05, 0.1) is 11.3 Å². The van der Waals surface area contributed by atoms with Crippen LogP contribution in [-0.4, -0.2) is 16.2 Å². The minimum absolute atomic E-state index is 0.337. The van der Waals surface area contributed by atoms with Gasteiger partial charge in [0.2, 0.25) is 0 Å². The summed E-state index contributed by atoms with van der Waals surface area (Å²) in [4.78, 5) is 10.8. The van der Waals surface area contributed by atoms with Crippen LogP contribution in [0.5, 0.6) is 5.75 Å². The van der Waals surface area contributed by atoms with E-state index in [-0.39, 0.29) is 11.3 Å². The maximum Gasteiger partial charge on any atom is 0.422 e. The third-order valence-corrected chi connectivity index (χ3v) is 3.34. The van der Waals surface area contributed by atoms with Crippen molar-refractivity contribution in [3.63, 3.8) is 0 Å². The van der Waals surface area contributed by atoms with E-state index in [1.165, 1.54) is 0 Å². The fraction of sp³-hybridized carbons (Fsp3) is 0.133. The molecule has 0 aromatic heterocycles. The maximum absolute atomic E-state index is 13.8. The number of phenolic OH excluding ortho intramolecular Hbond substituents is 1. The Morgan fingerprint density at radius 1 is 1.00 bits per heavy atom. The molecule has 2 rings (SSSR count). The van der Waals surface area contributed by atoms with E-state index < -0.39 is 58.8 Å². The average Bonchev–Trinajstić information content (AvgIpc) is 2.53. The molecule has 0 radical (unpaired) electrons. The first-order valence-electron chi connectivity index (χ1n) is 6.67. The van der Waals surface area contributed by atoms with Crippen molar-refractivity contribution in [1.82, 2.24) is 0 Å². The molecule has 0 amide bonds. The molecule has 4 nitrogen and oxygen atoms in total. The molecule has 0 heterocycles. The number of carboxylic acids is 1. The molecule has 0 unspecified atom stereocenters. The van der Waals surface area contributed by atoms with Gasteiger partial charge in [0, 0.05) is 12.1 Å². The number of alkyl halides is 3. The largest absolute Gasteiger partial charge is 0.506 e. The van der Waals surface area contributed by atoms with E-state index in [1.807, 2.05) is 0 Å². The van der Waals surface area contributed by atoms with E-state index in [1.54, 1.807) is 0 Å². The standard InChI is InChI=1S/C15H8F7NO3/c16-10-6(11(17)13(19)9(12(10)18)15(20,21)22)4-23-7-3-5(14(25)26)1-2-8(7)24/h1-3,23-24H,4H2,(H,25,26). The van der Waals surface area contributed by atoms with Crippen LogP contribution < -0.4 is 5.32 Å². The topological polar surface area (TPSA) is 69.6 Å². The van der Waals surface area contributed by atoms with E-state index in [9.17, 15) is 40.6 Å². The summed E-state index contributed by atoms with van der Waals surface area (Å²) >= 11 is 0. The lowest BCUT2D eigenvalue weighted by Crippen LogP contribution is -2.18. The molecule has 2 aromatic rings. The van der Waals surface area contributed by atoms with Crippen molar-refractivity contribution < 1.29 is 45.7 Å². The number of nitrogens with one attached hydrogen (secondary N) is 1. The maximum atomic E-state index is 13.8. The van der Waals surface area contributed by atoms with Crippen LogP contribution in [0, 0.1) is 23.3 Å². The van der Waals surface area contributed by atoms with E-state index in [4.69, 9.17) is 5.11 Å². The van der Waals surface area contributed by atoms with Gasteiger partial charge in [-0.2, -0.15) is 13.2 Å². The lowest BCUT2D eigenvalue weighted by Gasteiger charge is -2.15. The second-order valence-corrected chi connectivity index (χ2v) is 5.00. The Hall–Kier alpha value is -2.98. The minimum atomic E-state index is -5.66. The van der Waals surface area contributed by atoms with Crippen molar-refractivity contribution in [2.45, 2.75) is 12.7 Å². The van der Waals surface area contributed by atoms with Crippen LogP contribution in [0.3, 0.4) is 0 Å². The number of carbonyl (C=O) groups is 1. The van der Waals surface area contributed by atoms with Crippen LogP contribution in [0.2, 0.25) is 0 Å². The molecule has 2 aromatic carbocycles. The molecular weight excluding hydrogens is 375 g/mol. The fourth-order valence-electron chi connectivity index (χ4n) is 2.08. The van der Waals surface area contributed by atoms with E-state index in [2.05, 4.69) is 5.32 Å². The normalized spacial score (nSPS) is 11.5. The van der Waals surface area contributed by atoms with Gasteiger partial charge in [-0.05, 0) is 18.2 Å². The Morgan fingerprint density at radius 2 is 1.54 bits per heavy atom. The van der Waals surface area contributed by atoms with Crippen LogP contribution in [0.1, 0.15) is 21.5 Å². The molecule has 0 aliphatic rings. The van der Waals surface area contributed by atoms with Crippen molar-refractivity contribution in [3.05, 3.63) is 58.2 Å². The number of benzene rings is 2. The number of hydrogen-bond donors (Lipinski definition) is 3. The lowest BCUT2D eigenvalue weighted by atomic mass is 10.1. The molecule has 0 spiro atoms. The number of anilines is 1. The quantitative estimate of drug-likeness (QED) is 0.419. The smallest absolute Gasteiger partial charge is 0.422 e. The van der Waals surface area contributed by atoms with Crippen molar-refractivity contribution >= 4 is 11.7 Å². The van der Waals surface area contributed by atoms with Gasteiger partial charge in [-0.1, -0.05) is 0 Å². The zero-order valence-electron chi connectivity index (χ0n) is 12.4. The van der Waals surface area contributed by atoms with Crippen molar-refractivity contribution in [3.8, 4) is 5.75 Å². The first-order chi connectivity index (χ1) is 11.9. The highest BCUT2D eigenvalue weighted by molar-refractivity contribution is 5.89. The highest BCUT2D eigenvalue weighted by Gasteiger charge is 2.42. The molecule has 0 saturated heterocycles. The summed E-state index contributed by atoms with van der Waals surface area (Å²) in [6.07, 6.45) is -5.66. The molecule has 11 heteroatoms. The number of aromatic carboxylic acids is 1. The number of rotatable bonds is 4.